The minimum Gasteiger partial charge on any atom is -0.488 e. The Balaban J connectivity index is 2.30. The van der Waals surface area contributed by atoms with Gasteiger partial charge in [0, 0.05) is 5.69 Å². The van der Waals surface area contributed by atoms with Gasteiger partial charge in [0.2, 0.25) is 0 Å². The van der Waals surface area contributed by atoms with E-state index in [-0.39, 0.29) is 11.4 Å². The van der Waals surface area contributed by atoms with Gasteiger partial charge in [-0.05, 0) is 37.6 Å². The van der Waals surface area contributed by atoms with Crippen LogP contribution < -0.4 is 20.9 Å². The number of hydrogen-bond donors (Lipinski definition) is 1. The predicted molar refractivity (Wildman–Crippen MR) is 71.7 cm³/mol. The van der Waals surface area contributed by atoms with Crippen molar-refractivity contribution < 1.29 is 4.74 Å². The highest BCUT2D eigenvalue weighted by molar-refractivity contribution is 5.70. The van der Waals surface area contributed by atoms with Crippen molar-refractivity contribution in [3.63, 3.8) is 0 Å². The third kappa shape index (κ3) is 2.20. The Morgan fingerprint density at radius 1 is 1.32 bits per heavy atom. The first-order valence-electron chi connectivity index (χ1n) is 5.82. The average molecular weight is 256 g/mol. The Morgan fingerprint density at radius 2 is 2.05 bits per heavy atom. The summed E-state index contributed by atoms with van der Waals surface area (Å²) in [6.45, 7) is 3.87. The van der Waals surface area contributed by atoms with E-state index in [4.69, 9.17) is 10.00 Å². The number of anilines is 2. The lowest BCUT2D eigenvalue weighted by Gasteiger charge is -2.13. The fourth-order valence-corrected chi connectivity index (χ4v) is 1.78. The second-order valence-electron chi connectivity index (χ2n) is 4.06. The van der Waals surface area contributed by atoms with Crippen LogP contribution in [0.1, 0.15) is 18.1 Å². The largest absolute Gasteiger partial charge is 0.488 e. The van der Waals surface area contributed by atoms with E-state index in [1.165, 1.54) is 0 Å². The summed E-state index contributed by atoms with van der Waals surface area (Å²) in [7, 11) is 0. The number of ether oxygens (including phenoxy) is 1. The van der Waals surface area contributed by atoms with Gasteiger partial charge in [0.05, 0.1) is 18.2 Å². The molecule has 0 bridgehead atoms. The number of nitrogens with zero attached hydrogens (tertiary/aromatic N) is 1. The molecule has 0 saturated carbocycles. The van der Waals surface area contributed by atoms with E-state index in [0.717, 1.165) is 5.56 Å². The molecule has 0 aliphatic rings. The molecule has 2 rings (SSSR count). The first kappa shape index (κ1) is 12.8. The van der Waals surface area contributed by atoms with Crippen LogP contribution in [0.3, 0.4) is 0 Å². The highest BCUT2D eigenvalue weighted by Crippen LogP contribution is 2.24. The number of benzene rings is 1. The van der Waals surface area contributed by atoms with Crippen LogP contribution in [0, 0.1) is 18.3 Å². The number of hydrogen-bond acceptors (Lipinski definition) is 5. The van der Waals surface area contributed by atoms with Gasteiger partial charge >= 0.3 is 0 Å². The minimum absolute atomic E-state index is 0.0783. The molecule has 0 aliphatic heterocycles. The van der Waals surface area contributed by atoms with Crippen LogP contribution in [0.2, 0.25) is 0 Å². The zero-order chi connectivity index (χ0) is 14.0. The van der Waals surface area contributed by atoms with Crippen LogP contribution >= 0.6 is 0 Å². The molecule has 0 aromatic heterocycles. The van der Waals surface area contributed by atoms with E-state index >= 15 is 0 Å². The summed E-state index contributed by atoms with van der Waals surface area (Å²) >= 11 is 0. The molecule has 0 atom stereocenters. The molecule has 0 heterocycles. The molecular weight excluding hydrogens is 244 g/mol. The van der Waals surface area contributed by atoms with Gasteiger partial charge in [0.15, 0.2) is 5.75 Å². The van der Waals surface area contributed by atoms with E-state index in [9.17, 15) is 9.59 Å². The van der Waals surface area contributed by atoms with Crippen molar-refractivity contribution in [3.8, 4) is 11.8 Å². The Morgan fingerprint density at radius 3 is 2.63 bits per heavy atom. The lowest BCUT2D eigenvalue weighted by atomic mass is 10.1. The Bertz CT molecular complexity index is 734. The van der Waals surface area contributed by atoms with Gasteiger partial charge in [-0.2, -0.15) is 5.26 Å². The fourth-order valence-electron chi connectivity index (χ4n) is 1.78. The molecule has 2 aromatic rings. The molecule has 0 saturated heterocycles. The third-order valence-corrected chi connectivity index (χ3v) is 2.77. The second-order valence-corrected chi connectivity index (χ2v) is 4.06. The number of nitriles is 1. The Labute approximate surface area is 109 Å². The van der Waals surface area contributed by atoms with Crippen molar-refractivity contribution in [2.75, 3.05) is 11.9 Å². The van der Waals surface area contributed by atoms with Gasteiger partial charge in [-0.15, -0.1) is 0 Å². The van der Waals surface area contributed by atoms with Gasteiger partial charge in [-0.3, -0.25) is 9.59 Å². The maximum Gasteiger partial charge on any atom is 0.272 e. The topological polar surface area (TPSA) is 79.2 Å². The van der Waals surface area contributed by atoms with Crippen molar-refractivity contribution in [1.82, 2.24) is 0 Å². The van der Waals surface area contributed by atoms with Crippen molar-refractivity contribution in [2.45, 2.75) is 13.8 Å². The molecule has 19 heavy (non-hydrogen) atoms. The normalized spacial score (nSPS) is 10.2. The van der Waals surface area contributed by atoms with Crippen molar-refractivity contribution in [1.29, 1.82) is 5.26 Å². The first-order valence-corrected chi connectivity index (χ1v) is 5.82. The third-order valence-electron chi connectivity index (χ3n) is 2.77. The molecule has 0 unspecified atom stereocenters. The van der Waals surface area contributed by atoms with E-state index < -0.39 is 10.9 Å². The standard InChI is InChI=1S/C14H12N2O3/c1-3-19-14-11(12(17)13(14)18)16-10-5-4-9(7-15)8(2)6-10/h4-6,16H,3H2,1-2H3. The molecule has 0 aliphatic carbocycles. The average Bonchev–Trinajstić information content (AvgIpc) is 2.42. The summed E-state index contributed by atoms with van der Waals surface area (Å²) < 4.78 is 5.11. The SMILES string of the molecule is CCOc1c(Nc2ccc(C#N)c(C)c2)c(=O)c1=O. The summed E-state index contributed by atoms with van der Waals surface area (Å²) in [5.41, 5.74) is 1.01. The summed E-state index contributed by atoms with van der Waals surface area (Å²) in [6, 6.07) is 7.14. The Hall–Kier alpha value is -2.61. The van der Waals surface area contributed by atoms with Crippen molar-refractivity contribution >= 4 is 11.4 Å². The van der Waals surface area contributed by atoms with Crippen molar-refractivity contribution in [2.24, 2.45) is 0 Å². The number of aryl methyl sites for hydroxylation is 1. The maximum absolute atomic E-state index is 11.5. The molecular formula is C14H12N2O3. The first-order chi connectivity index (χ1) is 9.08. The predicted octanol–water partition coefficient (Wildman–Crippen LogP) is 1.60. The lowest BCUT2D eigenvalue weighted by Crippen LogP contribution is -2.35. The van der Waals surface area contributed by atoms with Crippen molar-refractivity contribution in [3.05, 3.63) is 49.8 Å². The smallest absolute Gasteiger partial charge is 0.272 e. The molecule has 0 radical (unpaired) electrons. The van der Waals surface area contributed by atoms with Gasteiger partial charge in [-0.1, -0.05) is 0 Å². The molecule has 0 amide bonds. The monoisotopic (exact) mass is 256 g/mol. The molecule has 0 spiro atoms. The molecule has 5 nitrogen and oxygen atoms in total. The molecule has 5 heteroatoms. The van der Waals surface area contributed by atoms with E-state index in [0.29, 0.717) is 17.9 Å². The zero-order valence-electron chi connectivity index (χ0n) is 10.6. The number of rotatable bonds is 4. The zero-order valence-corrected chi connectivity index (χ0v) is 10.6. The van der Waals surface area contributed by atoms with Gasteiger partial charge in [0.1, 0.15) is 5.69 Å². The number of nitrogens with one attached hydrogen (secondary N) is 1. The van der Waals surface area contributed by atoms with E-state index in [2.05, 4.69) is 11.4 Å². The second kappa shape index (κ2) is 4.94. The van der Waals surface area contributed by atoms with Gasteiger partial charge in [0.25, 0.3) is 10.9 Å². The summed E-state index contributed by atoms with van der Waals surface area (Å²) in [5.74, 6) is 0.0783. The molecule has 1 N–H and O–H groups in total. The highest BCUT2D eigenvalue weighted by Gasteiger charge is 2.22. The Kier molecular flexibility index (Phi) is 3.34. The van der Waals surface area contributed by atoms with Crippen LogP contribution in [0.25, 0.3) is 0 Å². The lowest BCUT2D eigenvalue weighted by molar-refractivity contribution is 0.335. The fraction of sp³-hybridized carbons (Fsp3) is 0.214. The quantitative estimate of drug-likeness (QED) is 0.840. The van der Waals surface area contributed by atoms with Crippen LogP contribution in [-0.2, 0) is 0 Å². The summed E-state index contributed by atoms with van der Waals surface area (Å²) in [6.07, 6.45) is 0. The summed E-state index contributed by atoms with van der Waals surface area (Å²) in [5, 5.41) is 11.7. The van der Waals surface area contributed by atoms with Gasteiger partial charge < -0.3 is 10.1 Å². The summed E-state index contributed by atoms with van der Waals surface area (Å²) in [4.78, 5) is 22.8. The highest BCUT2D eigenvalue weighted by atomic mass is 16.5. The minimum atomic E-state index is -0.602. The van der Waals surface area contributed by atoms with Crippen LogP contribution in [0.5, 0.6) is 5.75 Å². The van der Waals surface area contributed by atoms with Gasteiger partial charge in [-0.25, -0.2) is 0 Å². The van der Waals surface area contributed by atoms with E-state index in [1.54, 1.807) is 32.0 Å². The maximum atomic E-state index is 11.5. The van der Waals surface area contributed by atoms with E-state index in [1.807, 2.05) is 0 Å². The van der Waals surface area contributed by atoms with Crippen LogP contribution in [0.15, 0.2) is 27.8 Å². The van der Waals surface area contributed by atoms with Crippen LogP contribution in [0.4, 0.5) is 11.4 Å². The molecule has 2 aromatic carbocycles. The molecule has 0 fully saturated rings. The molecule has 96 valence electrons. The van der Waals surface area contributed by atoms with Crippen LogP contribution in [-0.4, -0.2) is 6.61 Å².